The summed E-state index contributed by atoms with van der Waals surface area (Å²) >= 11 is 0. The van der Waals surface area contributed by atoms with Crippen molar-refractivity contribution >= 4 is 0 Å². The molecule has 0 aliphatic heterocycles. The lowest BCUT2D eigenvalue weighted by atomic mass is 10.1. The van der Waals surface area contributed by atoms with Gasteiger partial charge in [0.15, 0.2) is 0 Å². The fraction of sp³-hybridized carbons (Fsp3) is 0.750. The number of hydrogen-bond acceptors (Lipinski definition) is 2. The second-order valence-corrected chi connectivity index (χ2v) is 4.55. The lowest BCUT2D eigenvalue weighted by Gasteiger charge is -2.02. The molecule has 0 radical (unpaired) electrons. The molecule has 0 fully saturated rings. The van der Waals surface area contributed by atoms with E-state index in [1.807, 2.05) is 6.92 Å². The monoisotopic (exact) mass is 254 g/mol. The summed E-state index contributed by atoms with van der Waals surface area (Å²) in [4.78, 5) is 0. The zero-order valence-corrected chi connectivity index (χ0v) is 11.9. The summed E-state index contributed by atoms with van der Waals surface area (Å²) in [5.74, 6) is 0. The highest BCUT2D eigenvalue weighted by Crippen LogP contribution is 2.08. The molecule has 2 nitrogen and oxygen atoms in total. The molecule has 18 heavy (non-hydrogen) atoms. The van der Waals surface area contributed by atoms with Crippen molar-refractivity contribution in [3.63, 3.8) is 0 Å². The molecule has 1 N–H and O–H groups in total. The summed E-state index contributed by atoms with van der Waals surface area (Å²) in [7, 11) is 0. The first-order valence-electron chi connectivity index (χ1n) is 7.38. The Morgan fingerprint density at radius 2 is 1.50 bits per heavy atom. The zero-order chi connectivity index (χ0) is 13.3. The van der Waals surface area contributed by atoms with Gasteiger partial charge in [-0.05, 0) is 26.2 Å². The van der Waals surface area contributed by atoms with E-state index >= 15 is 0 Å². The van der Waals surface area contributed by atoms with Crippen LogP contribution in [-0.4, -0.2) is 24.9 Å². The third kappa shape index (κ3) is 15.4. The maximum absolute atomic E-state index is 8.52. The summed E-state index contributed by atoms with van der Waals surface area (Å²) in [5, 5.41) is 8.52. The van der Waals surface area contributed by atoms with Gasteiger partial charge in [0.2, 0.25) is 0 Å². The van der Waals surface area contributed by atoms with Gasteiger partial charge in [0.25, 0.3) is 0 Å². The molecule has 2 heteroatoms. The molecule has 0 bridgehead atoms. The number of aliphatic hydroxyl groups excluding tert-OH is 1. The number of unbranched alkanes of at least 4 members (excludes halogenated alkanes) is 7. The van der Waals surface area contributed by atoms with Crippen LogP contribution in [0.15, 0.2) is 24.3 Å². The van der Waals surface area contributed by atoms with Crippen molar-refractivity contribution in [3.8, 4) is 0 Å². The Morgan fingerprint density at radius 3 is 2.17 bits per heavy atom. The molecule has 0 spiro atoms. The molecule has 0 saturated carbocycles. The molecule has 0 aromatic rings. The quantitative estimate of drug-likeness (QED) is 0.393. The first-order chi connectivity index (χ1) is 8.91. The molecule has 0 unspecified atom stereocenters. The van der Waals surface area contributed by atoms with Gasteiger partial charge >= 0.3 is 0 Å². The number of hydrogen-bond donors (Lipinski definition) is 1. The normalized spacial score (nSPS) is 11.9. The van der Waals surface area contributed by atoms with Crippen molar-refractivity contribution in [2.24, 2.45) is 0 Å². The molecular weight excluding hydrogens is 224 g/mol. The molecular formula is C16H30O2. The molecule has 0 atom stereocenters. The van der Waals surface area contributed by atoms with E-state index in [-0.39, 0.29) is 6.61 Å². The van der Waals surface area contributed by atoms with Crippen molar-refractivity contribution in [1.82, 2.24) is 0 Å². The smallest absolute Gasteiger partial charge is 0.0697 e. The molecule has 0 aliphatic carbocycles. The SMILES string of the molecule is CC=CC=CCCCCCCCCCOCCO. The lowest BCUT2D eigenvalue weighted by Crippen LogP contribution is -2.00. The van der Waals surface area contributed by atoms with E-state index in [9.17, 15) is 0 Å². The topological polar surface area (TPSA) is 29.5 Å². The molecule has 0 aromatic heterocycles. The maximum Gasteiger partial charge on any atom is 0.0697 e. The zero-order valence-electron chi connectivity index (χ0n) is 11.9. The van der Waals surface area contributed by atoms with Gasteiger partial charge < -0.3 is 9.84 Å². The molecule has 106 valence electrons. The highest BCUT2D eigenvalue weighted by atomic mass is 16.5. The van der Waals surface area contributed by atoms with Crippen LogP contribution >= 0.6 is 0 Å². The van der Waals surface area contributed by atoms with Crippen LogP contribution in [0.25, 0.3) is 0 Å². The van der Waals surface area contributed by atoms with Gasteiger partial charge in [0.05, 0.1) is 13.2 Å². The third-order valence-electron chi connectivity index (χ3n) is 2.83. The van der Waals surface area contributed by atoms with E-state index in [1.54, 1.807) is 0 Å². The Labute approximate surface area is 113 Å². The Morgan fingerprint density at radius 1 is 0.833 bits per heavy atom. The van der Waals surface area contributed by atoms with Crippen LogP contribution < -0.4 is 0 Å². The van der Waals surface area contributed by atoms with Gasteiger partial charge in [-0.15, -0.1) is 0 Å². The average molecular weight is 254 g/mol. The largest absolute Gasteiger partial charge is 0.394 e. The van der Waals surface area contributed by atoms with Gasteiger partial charge in [-0.1, -0.05) is 56.4 Å². The minimum atomic E-state index is 0.141. The highest BCUT2D eigenvalue weighted by Gasteiger charge is 1.92. The van der Waals surface area contributed by atoms with E-state index < -0.39 is 0 Å². The van der Waals surface area contributed by atoms with Crippen LogP contribution in [0.2, 0.25) is 0 Å². The first kappa shape index (κ1) is 17.4. The predicted molar refractivity (Wildman–Crippen MR) is 78.8 cm³/mol. The predicted octanol–water partition coefficient (Wildman–Crippen LogP) is 4.25. The molecule has 0 aliphatic rings. The molecule has 0 saturated heterocycles. The van der Waals surface area contributed by atoms with Gasteiger partial charge in [0, 0.05) is 6.61 Å². The Hall–Kier alpha value is -0.600. The van der Waals surface area contributed by atoms with Gasteiger partial charge in [-0.3, -0.25) is 0 Å². The van der Waals surface area contributed by atoms with E-state index in [1.165, 1.54) is 44.9 Å². The van der Waals surface area contributed by atoms with Crippen LogP contribution in [0.4, 0.5) is 0 Å². The minimum absolute atomic E-state index is 0.141. The van der Waals surface area contributed by atoms with Crippen LogP contribution in [-0.2, 0) is 4.74 Å². The average Bonchev–Trinajstić information content (AvgIpc) is 2.39. The number of aliphatic hydroxyl groups is 1. The fourth-order valence-corrected chi connectivity index (χ4v) is 1.80. The van der Waals surface area contributed by atoms with Crippen molar-refractivity contribution in [2.75, 3.05) is 19.8 Å². The Balaban J connectivity index is 2.98. The van der Waals surface area contributed by atoms with Crippen molar-refractivity contribution in [2.45, 2.75) is 58.3 Å². The van der Waals surface area contributed by atoms with Crippen LogP contribution in [0, 0.1) is 0 Å². The number of rotatable bonds is 13. The molecule has 0 heterocycles. The highest BCUT2D eigenvalue weighted by molar-refractivity contribution is 5.00. The van der Waals surface area contributed by atoms with Crippen LogP contribution in [0.5, 0.6) is 0 Å². The van der Waals surface area contributed by atoms with E-state index in [4.69, 9.17) is 9.84 Å². The van der Waals surface area contributed by atoms with Crippen molar-refractivity contribution < 1.29 is 9.84 Å². The Bertz CT molecular complexity index is 197. The summed E-state index contributed by atoms with van der Waals surface area (Å²) in [6, 6.07) is 0. The summed E-state index contributed by atoms with van der Waals surface area (Å²) in [5.41, 5.74) is 0. The summed E-state index contributed by atoms with van der Waals surface area (Å²) in [6.07, 6.45) is 18.8. The van der Waals surface area contributed by atoms with Gasteiger partial charge in [-0.25, -0.2) is 0 Å². The van der Waals surface area contributed by atoms with Crippen LogP contribution in [0.1, 0.15) is 58.3 Å². The number of ether oxygens (including phenoxy) is 1. The van der Waals surface area contributed by atoms with Crippen LogP contribution in [0.3, 0.4) is 0 Å². The molecule has 0 aromatic carbocycles. The van der Waals surface area contributed by atoms with Crippen molar-refractivity contribution in [3.05, 3.63) is 24.3 Å². The van der Waals surface area contributed by atoms with E-state index in [0.29, 0.717) is 6.61 Å². The second kappa shape index (κ2) is 16.4. The Kier molecular flexibility index (Phi) is 15.9. The van der Waals surface area contributed by atoms with Crippen molar-refractivity contribution in [1.29, 1.82) is 0 Å². The van der Waals surface area contributed by atoms with E-state index in [0.717, 1.165) is 13.0 Å². The summed E-state index contributed by atoms with van der Waals surface area (Å²) in [6.45, 7) is 3.47. The minimum Gasteiger partial charge on any atom is -0.394 e. The molecule has 0 rings (SSSR count). The second-order valence-electron chi connectivity index (χ2n) is 4.55. The molecule has 0 amide bonds. The summed E-state index contributed by atoms with van der Waals surface area (Å²) < 4.78 is 5.21. The fourth-order valence-electron chi connectivity index (χ4n) is 1.80. The van der Waals surface area contributed by atoms with Gasteiger partial charge in [-0.2, -0.15) is 0 Å². The maximum atomic E-state index is 8.52. The third-order valence-corrected chi connectivity index (χ3v) is 2.83. The lowest BCUT2D eigenvalue weighted by molar-refractivity contribution is 0.0895. The first-order valence-corrected chi connectivity index (χ1v) is 7.38. The van der Waals surface area contributed by atoms with Gasteiger partial charge in [0.1, 0.15) is 0 Å². The number of allylic oxidation sites excluding steroid dienone is 4. The van der Waals surface area contributed by atoms with E-state index in [2.05, 4.69) is 24.3 Å². The standard InChI is InChI=1S/C16H30O2/c1-2-3-4-5-6-7-8-9-10-11-12-13-15-18-16-14-17/h2-5,17H,6-16H2,1H3.